The van der Waals surface area contributed by atoms with Crippen LogP contribution in [-0.4, -0.2) is 12.5 Å². The lowest BCUT2D eigenvalue weighted by Crippen LogP contribution is -2.19. The fourth-order valence-corrected chi connectivity index (χ4v) is 1.14. The molecule has 1 rings (SSSR count). The highest BCUT2D eigenvalue weighted by Crippen LogP contribution is 2.10. The molecule has 0 aliphatic heterocycles. The molecular weight excluding hydrogens is 188 g/mol. The Bertz CT molecular complexity index is 427. The molecule has 0 atom stereocenters. The van der Waals surface area contributed by atoms with Gasteiger partial charge in [-0.25, -0.2) is 0 Å². The predicted octanol–water partition coefficient (Wildman–Crippen LogP) is 1.06. The molecular formula is C12H14N2O. The summed E-state index contributed by atoms with van der Waals surface area (Å²) >= 11 is 0. The average Bonchev–Trinajstić information content (AvgIpc) is 2.14. The van der Waals surface area contributed by atoms with E-state index < -0.39 is 0 Å². The molecule has 1 aromatic carbocycles. The Hall–Kier alpha value is -1.95. The van der Waals surface area contributed by atoms with Gasteiger partial charge in [-0.2, -0.15) is 0 Å². The first-order chi connectivity index (χ1) is 7.09. The molecule has 15 heavy (non-hydrogen) atoms. The van der Waals surface area contributed by atoms with Crippen LogP contribution in [0.1, 0.15) is 18.1 Å². The van der Waals surface area contributed by atoms with Crippen molar-refractivity contribution in [1.82, 2.24) is 5.32 Å². The van der Waals surface area contributed by atoms with Crippen molar-refractivity contribution in [3.63, 3.8) is 0 Å². The molecule has 0 bridgehead atoms. The van der Waals surface area contributed by atoms with E-state index in [0.717, 1.165) is 16.8 Å². The van der Waals surface area contributed by atoms with E-state index in [1.165, 1.54) is 6.92 Å². The van der Waals surface area contributed by atoms with Gasteiger partial charge in [0.1, 0.15) is 0 Å². The molecule has 3 nitrogen and oxygen atoms in total. The lowest BCUT2D eigenvalue weighted by atomic mass is 10.1. The third kappa shape index (κ3) is 3.74. The number of benzene rings is 1. The smallest absolute Gasteiger partial charge is 0.217 e. The van der Waals surface area contributed by atoms with Gasteiger partial charge in [0.15, 0.2) is 0 Å². The molecule has 3 heteroatoms. The van der Waals surface area contributed by atoms with Crippen molar-refractivity contribution in [3.8, 4) is 11.8 Å². The van der Waals surface area contributed by atoms with E-state index in [1.807, 2.05) is 25.1 Å². The molecule has 1 amide bonds. The minimum atomic E-state index is -0.0710. The summed E-state index contributed by atoms with van der Waals surface area (Å²) in [4.78, 5) is 10.6. The maximum absolute atomic E-state index is 10.6. The van der Waals surface area contributed by atoms with Gasteiger partial charge in [-0.1, -0.05) is 11.8 Å². The Kier molecular flexibility index (Phi) is 3.75. The van der Waals surface area contributed by atoms with Crippen LogP contribution in [0.15, 0.2) is 18.2 Å². The van der Waals surface area contributed by atoms with Crippen LogP contribution in [0.2, 0.25) is 0 Å². The molecule has 0 aliphatic rings. The lowest BCUT2D eigenvalue weighted by Gasteiger charge is -1.99. The Morgan fingerprint density at radius 3 is 2.87 bits per heavy atom. The number of nitrogens with two attached hydrogens (primary N) is 1. The van der Waals surface area contributed by atoms with Crippen molar-refractivity contribution in [2.45, 2.75) is 13.8 Å². The number of carbonyl (C=O) groups is 1. The summed E-state index contributed by atoms with van der Waals surface area (Å²) in [6.45, 7) is 3.80. The summed E-state index contributed by atoms with van der Waals surface area (Å²) < 4.78 is 0. The molecule has 0 fully saturated rings. The van der Waals surface area contributed by atoms with E-state index in [9.17, 15) is 4.79 Å². The lowest BCUT2D eigenvalue weighted by molar-refractivity contribution is -0.118. The minimum absolute atomic E-state index is 0.0710. The summed E-state index contributed by atoms with van der Waals surface area (Å²) in [5, 5.41) is 2.61. The van der Waals surface area contributed by atoms with Gasteiger partial charge in [0.05, 0.1) is 6.54 Å². The van der Waals surface area contributed by atoms with Crippen LogP contribution in [0.5, 0.6) is 0 Å². The molecule has 0 aliphatic carbocycles. The largest absolute Gasteiger partial charge is 0.399 e. The molecule has 3 N–H and O–H groups in total. The normalized spacial score (nSPS) is 8.93. The van der Waals surface area contributed by atoms with Crippen LogP contribution in [0, 0.1) is 18.8 Å². The van der Waals surface area contributed by atoms with Crippen molar-refractivity contribution in [2.75, 3.05) is 12.3 Å². The highest BCUT2D eigenvalue weighted by atomic mass is 16.1. The first kappa shape index (κ1) is 11.1. The molecule has 0 unspecified atom stereocenters. The SMILES string of the molecule is CC(=O)NCC#Cc1ccc(N)cc1C. The number of rotatable bonds is 1. The highest BCUT2D eigenvalue weighted by molar-refractivity contribution is 5.73. The van der Waals surface area contributed by atoms with Gasteiger partial charge in [0.25, 0.3) is 0 Å². The summed E-state index contributed by atoms with van der Waals surface area (Å²) in [6.07, 6.45) is 0. The monoisotopic (exact) mass is 202 g/mol. The van der Waals surface area contributed by atoms with Crippen molar-refractivity contribution < 1.29 is 4.79 Å². The van der Waals surface area contributed by atoms with Crippen molar-refractivity contribution >= 4 is 11.6 Å². The van der Waals surface area contributed by atoms with Crippen LogP contribution in [0.3, 0.4) is 0 Å². The van der Waals surface area contributed by atoms with Crippen molar-refractivity contribution in [1.29, 1.82) is 0 Å². The average molecular weight is 202 g/mol. The van der Waals surface area contributed by atoms with Crippen molar-refractivity contribution in [2.24, 2.45) is 0 Å². The molecule has 0 saturated heterocycles. The number of hydrogen-bond acceptors (Lipinski definition) is 2. The van der Waals surface area contributed by atoms with Gasteiger partial charge in [0.2, 0.25) is 5.91 Å². The second kappa shape index (κ2) is 5.06. The Balaban J connectivity index is 2.67. The van der Waals surface area contributed by atoms with E-state index >= 15 is 0 Å². The van der Waals surface area contributed by atoms with E-state index in [-0.39, 0.29) is 5.91 Å². The number of nitrogen functional groups attached to an aromatic ring is 1. The zero-order chi connectivity index (χ0) is 11.3. The van der Waals surface area contributed by atoms with Gasteiger partial charge < -0.3 is 11.1 Å². The van der Waals surface area contributed by atoms with Gasteiger partial charge in [-0.05, 0) is 30.7 Å². The second-order valence-corrected chi connectivity index (χ2v) is 3.29. The summed E-state index contributed by atoms with van der Waals surface area (Å²) in [7, 11) is 0. The predicted molar refractivity (Wildman–Crippen MR) is 61.2 cm³/mol. The maximum atomic E-state index is 10.6. The number of aryl methyl sites for hydroxylation is 1. The Morgan fingerprint density at radius 1 is 1.53 bits per heavy atom. The number of anilines is 1. The first-order valence-electron chi connectivity index (χ1n) is 4.69. The fourth-order valence-electron chi connectivity index (χ4n) is 1.14. The maximum Gasteiger partial charge on any atom is 0.217 e. The minimum Gasteiger partial charge on any atom is -0.399 e. The molecule has 0 heterocycles. The van der Waals surface area contributed by atoms with Crippen LogP contribution in [0.4, 0.5) is 5.69 Å². The Labute approximate surface area is 89.7 Å². The Morgan fingerprint density at radius 2 is 2.27 bits per heavy atom. The van der Waals surface area contributed by atoms with Crippen LogP contribution in [0.25, 0.3) is 0 Å². The van der Waals surface area contributed by atoms with E-state index in [0.29, 0.717) is 6.54 Å². The number of nitrogens with one attached hydrogen (secondary N) is 1. The third-order valence-corrected chi connectivity index (χ3v) is 1.90. The molecule has 1 aromatic rings. The van der Waals surface area contributed by atoms with Crippen LogP contribution < -0.4 is 11.1 Å². The quantitative estimate of drug-likeness (QED) is 0.528. The van der Waals surface area contributed by atoms with E-state index in [4.69, 9.17) is 5.73 Å². The van der Waals surface area contributed by atoms with E-state index in [1.54, 1.807) is 0 Å². The fraction of sp³-hybridized carbons (Fsp3) is 0.250. The molecule has 78 valence electrons. The summed E-state index contributed by atoms with van der Waals surface area (Å²) in [6, 6.07) is 5.57. The highest BCUT2D eigenvalue weighted by Gasteiger charge is 1.93. The molecule has 0 radical (unpaired) electrons. The summed E-state index contributed by atoms with van der Waals surface area (Å²) in [5.41, 5.74) is 8.34. The zero-order valence-corrected chi connectivity index (χ0v) is 8.92. The van der Waals surface area contributed by atoms with Gasteiger partial charge in [0, 0.05) is 18.2 Å². The van der Waals surface area contributed by atoms with Crippen LogP contribution >= 0.6 is 0 Å². The second-order valence-electron chi connectivity index (χ2n) is 3.29. The van der Waals surface area contributed by atoms with E-state index in [2.05, 4.69) is 17.2 Å². The topological polar surface area (TPSA) is 55.1 Å². The third-order valence-electron chi connectivity index (χ3n) is 1.90. The standard InChI is InChI=1S/C12H14N2O/c1-9-8-12(13)6-5-11(9)4-3-7-14-10(2)15/h5-6,8H,7,13H2,1-2H3,(H,14,15). The van der Waals surface area contributed by atoms with Crippen molar-refractivity contribution in [3.05, 3.63) is 29.3 Å². The molecule has 0 saturated carbocycles. The first-order valence-corrected chi connectivity index (χ1v) is 4.69. The van der Waals surface area contributed by atoms with Gasteiger partial charge in [-0.3, -0.25) is 4.79 Å². The number of amides is 1. The summed E-state index contributed by atoms with van der Waals surface area (Å²) in [5.74, 6) is 5.77. The molecule has 0 spiro atoms. The van der Waals surface area contributed by atoms with Crippen LogP contribution in [-0.2, 0) is 4.79 Å². The molecule has 0 aromatic heterocycles. The number of carbonyl (C=O) groups excluding carboxylic acids is 1. The number of hydrogen-bond donors (Lipinski definition) is 2. The van der Waals surface area contributed by atoms with Gasteiger partial charge in [-0.15, -0.1) is 0 Å². The zero-order valence-electron chi connectivity index (χ0n) is 8.92. The van der Waals surface area contributed by atoms with Gasteiger partial charge >= 0.3 is 0 Å².